The van der Waals surface area contributed by atoms with E-state index in [1.54, 1.807) is 42.7 Å². The minimum atomic E-state index is -0.550. The molecule has 4 nitrogen and oxygen atoms in total. The van der Waals surface area contributed by atoms with E-state index in [-0.39, 0.29) is 24.5 Å². The largest absolute Gasteiger partial charge is 0.352 e. The van der Waals surface area contributed by atoms with E-state index in [0.29, 0.717) is 17.7 Å². The van der Waals surface area contributed by atoms with E-state index in [1.165, 1.54) is 0 Å². The standard InChI is InChI=1S/C17H17FN2O2/c18-10-13-3-5-15(6-4-13)16(21)7-8-17(22)20-12-14-2-1-9-19-11-14/h1-6,9,11H,7-8,10,12H2,(H,20,22). The van der Waals surface area contributed by atoms with Crippen LogP contribution in [0.2, 0.25) is 0 Å². The van der Waals surface area contributed by atoms with Gasteiger partial charge in [-0.15, -0.1) is 0 Å². The number of carbonyl (C=O) groups is 2. The van der Waals surface area contributed by atoms with E-state index in [1.807, 2.05) is 6.07 Å². The Kier molecular flexibility index (Phi) is 5.77. The van der Waals surface area contributed by atoms with Crippen LogP contribution in [0.3, 0.4) is 0 Å². The van der Waals surface area contributed by atoms with Gasteiger partial charge in [0.05, 0.1) is 0 Å². The minimum Gasteiger partial charge on any atom is -0.352 e. The first-order valence-corrected chi connectivity index (χ1v) is 7.03. The average Bonchev–Trinajstić information content (AvgIpc) is 2.58. The summed E-state index contributed by atoms with van der Waals surface area (Å²) >= 11 is 0. The van der Waals surface area contributed by atoms with Crippen LogP contribution in [-0.4, -0.2) is 16.7 Å². The number of aromatic nitrogens is 1. The zero-order valence-corrected chi connectivity index (χ0v) is 12.1. The monoisotopic (exact) mass is 300 g/mol. The fourth-order valence-electron chi connectivity index (χ4n) is 1.94. The number of nitrogens with one attached hydrogen (secondary N) is 1. The third-order valence-electron chi connectivity index (χ3n) is 3.22. The molecule has 0 aliphatic carbocycles. The van der Waals surface area contributed by atoms with Crippen LogP contribution in [0.25, 0.3) is 0 Å². The first-order chi connectivity index (χ1) is 10.7. The van der Waals surface area contributed by atoms with Crippen LogP contribution in [0.4, 0.5) is 4.39 Å². The van der Waals surface area contributed by atoms with Gasteiger partial charge in [-0.2, -0.15) is 0 Å². The van der Waals surface area contributed by atoms with E-state index in [2.05, 4.69) is 10.3 Å². The summed E-state index contributed by atoms with van der Waals surface area (Å²) in [6.45, 7) is -0.155. The van der Waals surface area contributed by atoms with Crippen molar-refractivity contribution in [3.8, 4) is 0 Å². The van der Waals surface area contributed by atoms with Crippen molar-refractivity contribution in [2.45, 2.75) is 26.1 Å². The predicted octanol–water partition coefficient (Wildman–Crippen LogP) is 2.83. The predicted molar refractivity (Wildman–Crippen MR) is 80.9 cm³/mol. The Morgan fingerprint density at radius 3 is 2.45 bits per heavy atom. The molecule has 114 valence electrons. The summed E-state index contributed by atoms with van der Waals surface area (Å²) in [6, 6.07) is 10.00. The lowest BCUT2D eigenvalue weighted by Crippen LogP contribution is -2.23. The third kappa shape index (κ3) is 4.77. The van der Waals surface area contributed by atoms with Gasteiger partial charge in [0.25, 0.3) is 0 Å². The van der Waals surface area contributed by atoms with E-state index >= 15 is 0 Å². The molecule has 0 aliphatic heterocycles. The third-order valence-corrected chi connectivity index (χ3v) is 3.22. The normalized spacial score (nSPS) is 10.2. The van der Waals surface area contributed by atoms with E-state index in [4.69, 9.17) is 0 Å². The summed E-state index contributed by atoms with van der Waals surface area (Å²) < 4.78 is 12.4. The van der Waals surface area contributed by atoms with Crippen molar-refractivity contribution in [1.29, 1.82) is 0 Å². The number of hydrogen-bond donors (Lipinski definition) is 1. The smallest absolute Gasteiger partial charge is 0.220 e. The number of amides is 1. The van der Waals surface area contributed by atoms with E-state index in [9.17, 15) is 14.0 Å². The summed E-state index contributed by atoms with van der Waals surface area (Å²) in [5, 5.41) is 2.74. The summed E-state index contributed by atoms with van der Waals surface area (Å²) in [4.78, 5) is 27.6. The summed E-state index contributed by atoms with van der Waals surface area (Å²) in [7, 11) is 0. The number of benzene rings is 1. The number of pyridine rings is 1. The molecule has 0 unspecified atom stereocenters. The van der Waals surface area contributed by atoms with Gasteiger partial charge in [0.2, 0.25) is 5.91 Å². The Balaban J connectivity index is 1.76. The first kappa shape index (κ1) is 15.8. The Morgan fingerprint density at radius 2 is 1.82 bits per heavy atom. The minimum absolute atomic E-state index is 0.123. The highest BCUT2D eigenvalue weighted by atomic mass is 19.1. The number of hydrogen-bond acceptors (Lipinski definition) is 3. The number of nitrogens with zero attached hydrogens (tertiary/aromatic N) is 1. The lowest BCUT2D eigenvalue weighted by atomic mass is 10.0. The maximum absolute atomic E-state index is 12.4. The first-order valence-electron chi connectivity index (χ1n) is 7.03. The topological polar surface area (TPSA) is 59.1 Å². The van der Waals surface area contributed by atoms with Gasteiger partial charge in [-0.1, -0.05) is 30.3 Å². The highest BCUT2D eigenvalue weighted by molar-refractivity contribution is 5.97. The van der Waals surface area contributed by atoms with Gasteiger partial charge in [-0.05, 0) is 17.2 Å². The molecule has 1 aromatic heterocycles. The molecule has 2 rings (SSSR count). The maximum atomic E-state index is 12.4. The van der Waals surface area contributed by atoms with Gasteiger partial charge in [0.15, 0.2) is 5.78 Å². The van der Waals surface area contributed by atoms with Gasteiger partial charge in [-0.25, -0.2) is 4.39 Å². The molecular weight excluding hydrogens is 283 g/mol. The fraction of sp³-hybridized carbons (Fsp3) is 0.235. The summed E-state index contributed by atoms with van der Waals surface area (Å²) in [5.74, 6) is -0.306. The number of ketones is 1. The van der Waals surface area contributed by atoms with Gasteiger partial charge < -0.3 is 5.32 Å². The molecule has 1 heterocycles. The second kappa shape index (κ2) is 8.02. The van der Waals surface area contributed by atoms with Gasteiger partial charge >= 0.3 is 0 Å². The van der Waals surface area contributed by atoms with Crippen LogP contribution in [0.1, 0.15) is 34.3 Å². The molecule has 1 aromatic carbocycles. The van der Waals surface area contributed by atoms with Crippen LogP contribution in [0.5, 0.6) is 0 Å². The Labute approximate surface area is 128 Å². The molecule has 0 aliphatic rings. The number of rotatable bonds is 7. The zero-order chi connectivity index (χ0) is 15.8. The van der Waals surface area contributed by atoms with Crippen molar-refractivity contribution in [3.63, 3.8) is 0 Å². The Hall–Kier alpha value is -2.56. The number of alkyl halides is 1. The second-order valence-electron chi connectivity index (χ2n) is 4.89. The number of carbonyl (C=O) groups excluding carboxylic acids is 2. The van der Waals surface area contributed by atoms with Crippen LogP contribution < -0.4 is 5.32 Å². The van der Waals surface area contributed by atoms with Crippen LogP contribution in [0, 0.1) is 0 Å². The molecular formula is C17H17FN2O2. The lowest BCUT2D eigenvalue weighted by molar-refractivity contribution is -0.121. The molecule has 1 amide bonds. The van der Waals surface area contributed by atoms with Crippen molar-refractivity contribution >= 4 is 11.7 Å². The molecule has 1 N–H and O–H groups in total. The second-order valence-corrected chi connectivity index (χ2v) is 4.89. The van der Waals surface area contributed by atoms with Gasteiger partial charge in [0, 0.05) is 37.3 Å². The molecule has 0 bridgehead atoms. The zero-order valence-electron chi connectivity index (χ0n) is 12.1. The highest BCUT2D eigenvalue weighted by Crippen LogP contribution is 2.09. The van der Waals surface area contributed by atoms with Crippen molar-refractivity contribution in [2.75, 3.05) is 0 Å². The molecule has 0 radical (unpaired) electrons. The van der Waals surface area contributed by atoms with Gasteiger partial charge in [-0.3, -0.25) is 14.6 Å². The fourth-order valence-corrected chi connectivity index (χ4v) is 1.94. The van der Waals surface area contributed by atoms with E-state index in [0.717, 1.165) is 5.56 Å². The van der Waals surface area contributed by atoms with Crippen LogP contribution in [0.15, 0.2) is 48.8 Å². The Bertz CT molecular complexity index is 627. The SMILES string of the molecule is O=C(CCC(=O)c1ccc(CF)cc1)NCc1cccnc1. The molecule has 0 atom stereocenters. The van der Waals surface area contributed by atoms with Crippen molar-refractivity contribution in [1.82, 2.24) is 10.3 Å². The number of halogens is 1. The summed E-state index contributed by atoms with van der Waals surface area (Å²) in [5.41, 5.74) is 1.94. The molecule has 22 heavy (non-hydrogen) atoms. The molecule has 0 saturated carbocycles. The van der Waals surface area contributed by atoms with Crippen molar-refractivity contribution in [3.05, 3.63) is 65.5 Å². The van der Waals surface area contributed by atoms with Crippen molar-refractivity contribution in [2.24, 2.45) is 0 Å². The Morgan fingerprint density at radius 1 is 1.05 bits per heavy atom. The quantitative estimate of drug-likeness (QED) is 0.800. The van der Waals surface area contributed by atoms with Crippen molar-refractivity contribution < 1.29 is 14.0 Å². The van der Waals surface area contributed by atoms with Crippen LogP contribution in [-0.2, 0) is 18.0 Å². The molecule has 5 heteroatoms. The van der Waals surface area contributed by atoms with Crippen LogP contribution >= 0.6 is 0 Å². The van der Waals surface area contributed by atoms with E-state index < -0.39 is 6.67 Å². The molecule has 0 saturated heterocycles. The van der Waals surface area contributed by atoms with Gasteiger partial charge in [0.1, 0.15) is 6.67 Å². The average molecular weight is 300 g/mol. The highest BCUT2D eigenvalue weighted by Gasteiger charge is 2.09. The lowest BCUT2D eigenvalue weighted by Gasteiger charge is -2.05. The molecule has 0 spiro atoms. The molecule has 2 aromatic rings. The maximum Gasteiger partial charge on any atom is 0.220 e. The summed E-state index contributed by atoms with van der Waals surface area (Å²) in [6.07, 6.45) is 3.61. The number of Topliss-reactive ketones (excluding diaryl/α,β-unsaturated/α-hetero) is 1. The molecule has 0 fully saturated rings.